The van der Waals surface area contributed by atoms with E-state index < -0.39 is 93.4 Å². The number of carbonyl (C=O) groups is 6. The molecular weight excluding hydrogens is 1640 g/mol. The molecule has 5 aliphatic heterocycles. The number of imidazole rings is 3. The fourth-order valence-electron chi connectivity index (χ4n) is 13.5. The molecule has 0 aliphatic carbocycles. The number of ether oxygens (including phenoxy) is 4. The van der Waals surface area contributed by atoms with Crippen molar-refractivity contribution < 1.29 is 74.8 Å². The van der Waals surface area contributed by atoms with Crippen LogP contribution < -0.4 is 0 Å². The first-order valence-corrected chi connectivity index (χ1v) is 39.9. The summed E-state index contributed by atoms with van der Waals surface area (Å²) >= 11 is 6.36. The molecule has 27 nitrogen and oxygen atoms in total. The summed E-state index contributed by atoms with van der Waals surface area (Å²) in [6, 6.07) is 22.3. The Labute approximate surface area is 686 Å². The summed E-state index contributed by atoms with van der Waals surface area (Å²) in [6.07, 6.45) is 17.1. The number of ketones is 1. The zero-order valence-corrected chi connectivity index (χ0v) is 70.2. The number of Topliss-reactive ketones (excluding diaryl/α,β-unsaturated/α-hetero) is 1. The van der Waals surface area contributed by atoms with E-state index in [0.29, 0.717) is 130 Å². The second kappa shape index (κ2) is 36.3. The molecule has 5 fully saturated rings. The number of aromatic nitrogens is 8. The number of amides is 4. The molecule has 1 N–H and O–H groups in total. The smallest absolute Gasteiger partial charge is 0.410 e. The lowest BCUT2D eigenvalue weighted by Crippen LogP contribution is -2.53. The van der Waals surface area contributed by atoms with Gasteiger partial charge >= 0.3 is 30.3 Å². The maximum atomic E-state index is 15.9. The minimum atomic E-state index is -2.35. The summed E-state index contributed by atoms with van der Waals surface area (Å²) in [7, 11) is 0. The van der Waals surface area contributed by atoms with E-state index in [2.05, 4.69) is 56.8 Å². The number of carboxylic acid groups (broad SMARTS) is 1. The number of alkyl halides is 6. The molecule has 0 saturated carbocycles. The molecule has 5 atom stereocenters. The van der Waals surface area contributed by atoms with Crippen LogP contribution in [0.1, 0.15) is 176 Å². The van der Waals surface area contributed by atoms with Crippen LogP contribution in [0.2, 0.25) is 0 Å². The van der Waals surface area contributed by atoms with E-state index in [1.54, 1.807) is 139 Å². The minimum Gasteiger partial charge on any atom is -0.479 e. The van der Waals surface area contributed by atoms with Gasteiger partial charge in [-0.05, 0) is 230 Å². The third-order valence-corrected chi connectivity index (χ3v) is 20.1. The van der Waals surface area contributed by atoms with Gasteiger partial charge in [-0.15, -0.1) is 0 Å². The molecule has 0 aromatic carbocycles. The van der Waals surface area contributed by atoms with Crippen LogP contribution in [-0.4, -0.2) is 208 Å². The van der Waals surface area contributed by atoms with Crippen LogP contribution in [0, 0.1) is 34.1 Å². The monoisotopic (exact) mass is 1730 g/mol. The Morgan fingerprint density at radius 3 is 1.15 bits per heavy atom. The molecule has 0 radical (unpaired) electrons. The number of halogens is 7. The molecule has 0 spiro atoms. The SMILES string of the molecule is CC(C)(C)OC(=O)N1CCC[C@](F)(C(=O)CBr)C1.CC(C)(C)OC(=O)N1CCC[C@](F)(C(=O)O)C1.CC(C)(C)OC(=O)N1CCC[C@](F)(c2cn3ccc(-c4ccnc(C#N)c4)cc3n2)C1.CC(C)(C)OC(=O)N1CCC[C@](F)(c2cn3ccc(Br)cc3n2)C1.N#Cc1cc(-c2ccn3cc([C@@]4(F)CCCN(C#N)C4)nc3c2)ccn1. The predicted octanol–water partition coefficient (Wildman–Crippen LogP) is 16.3. The molecule has 8 aromatic rings. The average molecular weight is 1740 g/mol. The number of nitriles is 3. The minimum absolute atomic E-state index is 0.0348. The van der Waals surface area contributed by atoms with Crippen molar-refractivity contribution in [1.29, 1.82) is 15.8 Å². The number of hydrogen-bond acceptors (Lipinski definition) is 19. The molecule has 0 unspecified atom stereocenters. The molecule has 0 bridgehead atoms. The van der Waals surface area contributed by atoms with Crippen molar-refractivity contribution in [3.63, 3.8) is 0 Å². The third-order valence-electron chi connectivity index (χ3n) is 19.1. The quantitative estimate of drug-likeness (QED) is 0.0639. The van der Waals surface area contributed by atoms with Crippen molar-refractivity contribution in [1.82, 2.24) is 62.6 Å². The van der Waals surface area contributed by atoms with Crippen LogP contribution in [0.4, 0.5) is 41.1 Å². The first-order chi connectivity index (χ1) is 54.3. The van der Waals surface area contributed by atoms with E-state index in [1.807, 2.05) is 85.5 Å². The molecule has 116 heavy (non-hydrogen) atoms. The summed E-state index contributed by atoms with van der Waals surface area (Å²) < 4.78 is 102. The summed E-state index contributed by atoms with van der Waals surface area (Å²) in [5.41, 5.74) is -4.86. The van der Waals surface area contributed by atoms with Gasteiger partial charge in [0.2, 0.25) is 5.67 Å². The number of likely N-dealkylation sites (tertiary alicyclic amines) is 5. The highest BCUT2D eigenvalue weighted by molar-refractivity contribution is 9.10. The average Bonchev–Trinajstić information content (AvgIpc) is 1.61. The number of pyridine rings is 5. The second-order valence-corrected chi connectivity index (χ2v) is 34.7. The Morgan fingerprint density at radius 1 is 0.457 bits per heavy atom. The standard InChI is InChI=1S/C23H24FN5O2.C19H15FN6.C17H21BrFN3O2.C12H19BrFNO3.C11H18FNO4/c1-22(2,3)31-21(30)29-9-4-7-23(24,15-29)19-14-28-10-6-17(12-20(28)27-19)16-5-8-26-18(11-16)13-25;20-19(4-1-6-25(12-19)13-22)17-11-26-7-3-15(9-18(26)24-17)14-2-5-23-16(8-14)10-21;1-16(2,3)24-15(23)22-7-4-6-17(19,11-22)13-10-21-8-5-12(18)9-14(21)20-13;1-11(2,3)18-10(17)15-6-4-5-12(14,8-15)9(16)7-13;1-10(2,3)17-9(16)13-6-4-5-11(12,7-13)8(14)15/h5-6,8,10-12,14H,4,7,9,15H2,1-3H3;2-3,5,7-9,11H,1,4,6,12H2;5,8-10H,4,6-7,11H2,1-3H3;4-8H2,1-3H3;4-7H2,1-3H3,(H,14,15)/t23-;19-;17-;12-;11-/m11111/s1. The van der Waals surface area contributed by atoms with Gasteiger partial charge in [0.1, 0.15) is 62.9 Å². The van der Waals surface area contributed by atoms with Gasteiger partial charge in [0.25, 0.3) is 0 Å². The number of carboxylic acids is 1. The maximum Gasteiger partial charge on any atom is 0.410 e. The van der Waals surface area contributed by atoms with Gasteiger partial charge in [0.15, 0.2) is 34.7 Å². The van der Waals surface area contributed by atoms with Crippen LogP contribution in [-0.2, 0) is 45.5 Å². The third kappa shape index (κ3) is 23.6. The molecule has 34 heteroatoms. The lowest BCUT2D eigenvalue weighted by atomic mass is 9.91. The number of piperidine rings is 5. The van der Waals surface area contributed by atoms with E-state index in [9.17, 15) is 37.5 Å². The number of aliphatic carboxylic acids is 1. The highest BCUT2D eigenvalue weighted by atomic mass is 79.9. The van der Waals surface area contributed by atoms with Gasteiger partial charge in [-0.2, -0.15) is 15.8 Å². The Morgan fingerprint density at radius 2 is 0.784 bits per heavy atom. The summed E-state index contributed by atoms with van der Waals surface area (Å²) in [5.74, 6) is -2.04. The fourth-order valence-corrected chi connectivity index (χ4v) is 14.3. The van der Waals surface area contributed by atoms with Gasteiger partial charge in [-0.25, -0.2) is 70.8 Å². The number of fused-ring (bicyclic) bond motifs is 3. The van der Waals surface area contributed by atoms with Gasteiger partial charge in [0, 0.05) is 86.8 Å². The van der Waals surface area contributed by atoms with Crippen molar-refractivity contribution >= 4 is 84.9 Å². The highest BCUT2D eigenvalue weighted by Crippen LogP contribution is 2.40. The largest absolute Gasteiger partial charge is 0.479 e. The van der Waals surface area contributed by atoms with Gasteiger partial charge in [-0.1, -0.05) is 31.9 Å². The molecule has 5 aliphatic rings. The summed E-state index contributed by atoms with van der Waals surface area (Å²) in [5, 5.41) is 35.9. The molecule has 8 aromatic heterocycles. The van der Waals surface area contributed by atoms with Crippen LogP contribution in [0.25, 0.3) is 39.2 Å². The zero-order chi connectivity index (χ0) is 85.2. The Bertz CT molecular complexity index is 5040. The van der Waals surface area contributed by atoms with Gasteiger partial charge < -0.3 is 61.8 Å². The Kier molecular flexibility index (Phi) is 28.0. The lowest BCUT2D eigenvalue weighted by molar-refractivity contribution is -0.154. The van der Waals surface area contributed by atoms with Crippen LogP contribution in [0.5, 0.6) is 0 Å². The van der Waals surface area contributed by atoms with Gasteiger partial charge in [0.05, 0.1) is 55.1 Å². The fraction of sp³-hybridized carbons (Fsp3) is 0.512. The molecule has 13 heterocycles. The van der Waals surface area contributed by atoms with Crippen molar-refractivity contribution in [2.75, 3.05) is 70.8 Å². The molecule has 4 amide bonds. The Balaban J connectivity index is 0.000000169. The molecule has 13 rings (SSSR count). The van der Waals surface area contributed by atoms with E-state index in [1.165, 1.54) is 19.6 Å². The van der Waals surface area contributed by atoms with E-state index in [4.69, 9.17) is 39.8 Å². The van der Waals surface area contributed by atoms with Crippen molar-refractivity contribution in [2.24, 2.45) is 0 Å². The molecule has 5 saturated heterocycles. The number of nitrogens with zero attached hydrogens (tertiary/aromatic N) is 16. The summed E-state index contributed by atoms with van der Waals surface area (Å²) in [6.45, 7) is 22.7. The molecule has 620 valence electrons. The number of carbonyl (C=O) groups excluding carboxylic acids is 5. The van der Waals surface area contributed by atoms with Crippen LogP contribution in [0.3, 0.4) is 0 Å². The first-order valence-electron chi connectivity index (χ1n) is 38.0. The van der Waals surface area contributed by atoms with E-state index in [0.717, 1.165) is 31.6 Å². The van der Waals surface area contributed by atoms with Crippen LogP contribution in [0.15, 0.2) is 115 Å². The highest BCUT2D eigenvalue weighted by Gasteiger charge is 2.48. The number of hydrogen-bond donors (Lipinski definition) is 1. The van der Waals surface area contributed by atoms with Gasteiger partial charge in [-0.3, -0.25) is 4.79 Å². The predicted molar refractivity (Wildman–Crippen MR) is 426 cm³/mol. The normalized spacial score (nSPS) is 21.7. The second-order valence-electron chi connectivity index (χ2n) is 33.3. The van der Waals surface area contributed by atoms with E-state index in [-0.39, 0.29) is 44.4 Å². The number of rotatable bonds is 8. The van der Waals surface area contributed by atoms with E-state index >= 15 is 13.2 Å². The van der Waals surface area contributed by atoms with Crippen molar-refractivity contribution in [3.05, 3.63) is 143 Å². The Hall–Kier alpha value is -10.5. The summed E-state index contributed by atoms with van der Waals surface area (Å²) in [4.78, 5) is 98.6. The lowest BCUT2D eigenvalue weighted by Gasteiger charge is -2.37. The first kappa shape index (κ1) is 89.4. The zero-order valence-electron chi connectivity index (χ0n) is 67.1. The van der Waals surface area contributed by atoms with Crippen molar-refractivity contribution in [3.8, 4) is 40.6 Å². The topological polar surface area (TPSA) is 325 Å². The maximum absolute atomic E-state index is 15.9. The van der Waals surface area contributed by atoms with Crippen molar-refractivity contribution in [2.45, 2.75) is 198 Å². The van der Waals surface area contributed by atoms with Crippen LogP contribution >= 0.6 is 31.9 Å². The molecular formula is C82H97Br2F5N16O11.